The van der Waals surface area contributed by atoms with Gasteiger partial charge in [-0.15, -0.1) is 0 Å². The molecule has 0 aliphatic heterocycles. The van der Waals surface area contributed by atoms with Crippen LogP contribution in [0.5, 0.6) is 0 Å². The third-order valence-corrected chi connectivity index (χ3v) is 14.6. The predicted molar refractivity (Wildman–Crippen MR) is 147 cm³/mol. The number of hydrogen-bond acceptors (Lipinski definition) is 9. The summed E-state index contributed by atoms with van der Waals surface area (Å²) in [5, 5.41) is 0. The minimum atomic E-state index is -3.01. The Bertz CT molecular complexity index is 1060. The molecule has 0 amide bonds. The van der Waals surface area contributed by atoms with E-state index in [1.807, 2.05) is 48.5 Å². The average Bonchev–Trinajstić information content (AvgIpc) is 2.99. The van der Waals surface area contributed by atoms with E-state index < -0.39 is 41.4 Å². The van der Waals surface area contributed by atoms with Gasteiger partial charge in [0.2, 0.25) is 0 Å². The van der Waals surface area contributed by atoms with Gasteiger partial charge in [-0.25, -0.2) is 0 Å². The van der Waals surface area contributed by atoms with Crippen molar-refractivity contribution in [1.29, 1.82) is 0 Å². The van der Waals surface area contributed by atoms with Crippen molar-refractivity contribution in [3.8, 4) is 0 Å². The predicted octanol–water partition coefficient (Wildman–Crippen LogP) is 4.21. The Hall–Kier alpha value is -2.23. The smallest absolute Gasteiger partial charge is 0.392 e. The van der Waals surface area contributed by atoms with Crippen molar-refractivity contribution in [2.24, 2.45) is 0 Å². The van der Waals surface area contributed by atoms with E-state index in [0.29, 0.717) is 25.7 Å². The maximum Gasteiger partial charge on any atom is 0.508 e. The summed E-state index contributed by atoms with van der Waals surface area (Å²) < 4.78 is 40.2. The first-order valence-corrected chi connectivity index (χ1v) is 16.7. The SMILES string of the molecule is CO[Si](OC)(OC)C1CCC(C(=O)OC(=O)C2CCC([Si](OC)(OC)OC)c3ccccc32)c2ccccc21. The summed E-state index contributed by atoms with van der Waals surface area (Å²) in [5.74, 6) is -2.22. The molecule has 4 rings (SSSR count). The van der Waals surface area contributed by atoms with Crippen molar-refractivity contribution in [3.05, 3.63) is 70.8 Å². The molecule has 9 nitrogen and oxygen atoms in total. The summed E-state index contributed by atoms with van der Waals surface area (Å²) in [6, 6.07) is 15.4. The lowest BCUT2D eigenvalue weighted by molar-refractivity contribution is -0.162. The lowest BCUT2D eigenvalue weighted by Crippen LogP contribution is -2.51. The van der Waals surface area contributed by atoms with Gasteiger partial charge in [0.05, 0.1) is 22.9 Å². The van der Waals surface area contributed by atoms with Gasteiger partial charge in [0.1, 0.15) is 0 Å². The molecule has 0 spiro atoms. The maximum absolute atomic E-state index is 13.5. The van der Waals surface area contributed by atoms with E-state index in [2.05, 4.69) is 0 Å². The fourth-order valence-corrected chi connectivity index (χ4v) is 11.4. The van der Waals surface area contributed by atoms with Crippen LogP contribution in [0.15, 0.2) is 48.5 Å². The molecule has 0 N–H and O–H groups in total. The molecular weight excluding hydrogens is 536 g/mol. The minimum absolute atomic E-state index is 0.123. The van der Waals surface area contributed by atoms with Crippen molar-refractivity contribution in [2.45, 2.75) is 48.6 Å². The second-order valence-electron chi connectivity index (χ2n) is 9.79. The van der Waals surface area contributed by atoms with Gasteiger partial charge >= 0.3 is 29.5 Å². The highest BCUT2D eigenvalue weighted by Crippen LogP contribution is 2.46. The molecule has 0 saturated heterocycles. The quantitative estimate of drug-likeness (QED) is 0.235. The molecule has 0 aromatic heterocycles. The number of esters is 2. The fraction of sp³-hybridized carbons (Fsp3) is 0.500. The monoisotopic (exact) mass is 574 g/mol. The highest BCUT2D eigenvalue weighted by molar-refractivity contribution is 6.62. The Morgan fingerprint density at radius 3 is 1.15 bits per heavy atom. The van der Waals surface area contributed by atoms with E-state index in [9.17, 15) is 9.59 Å². The fourth-order valence-electron chi connectivity index (χ4n) is 6.40. The van der Waals surface area contributed by atoms with Gasteiger partial charge in [0.25, 0.3) is 0 Å². The number of ether oxygens (including phenoxy) is 1. The minimum Gasteiger partial charge on any atom is -0.392 e. The van der Waals surface area contributed by atoms with E-state index in [-0.39, 0.29) is 11.1 Å². The third-order valence-electron chi connectivity index (χ3n) is 8.31. The third kappa shape index (κ3) is 5.30. The Labute approximate surface area is 232 Å². The first-order chi connectivity index (χ1) is 18.8. The van der Waals surface area contributed by atoms with Gasteiger partial charge in [-0.05, 0) is 47.9 Å². The van der Waals surface area contributed by atoms with Gasteiger partial charge in [-0.1, -0.05) is 48.5 Å². The topological polar surface area (TPSA) is 98.8 Å². The molecule has 0 saturated carbocycles. The standard InChI is InChI=1S/C28H38O9Si2/c1-31-38(32-2,33-3)25-17-15-23(19-11-7-9-13-21(19)25)27(29)37-28(30)24-16-18-26(39(34-4,35-5)36-6)22-14-10-8-12-20(22)24/h7-14,23-26H,15-18H2,1-6H3. The first-order valence-electron chi connectivity index (χ1n) is 13.1. The van der Waals surface area contributed by atoms with Crippen molar-refractivity contribution < 1.29 is 40.9 Å². The highest BCUT2D eigenvalue weighted by atomic mass is 28.4. The lowest BCUT2D eigenvalue weighted by Gasteiger charge is -2.38. The van der Waals surface area contributed by atoms with Crippen LogP contribution in [0, 0.1) is 0 Å². The lowest BCUT2D eigenvalue weighted by atomic mass is 9.81. The van der Waals surface area contributed by atoms with Gasteiger partial charge in [0, 0.05) is 42.7 Å². The van der Waals surface area contributed by atoms with Crippen LogP contribution in [-0.4, -0.2) is 72.2 Å². The Balaban J connectivity index is 1.57. The summed E-state index contributed by atoms with van der Waals surface area (Å²) in [7, 11) is 3.52. The molecular formula is C28H38O9Si2. The van der Waals surface area contributed by atoms with E-state index >= 15 is 0 Å². The van der Waals surface area contributed by atoms with Gasteiger partial charge in [0.15, 0.2) is 0 Å². The van der Waals surface area contributed by atoms with Crippen LogP contribution < -0.4 is 0 Å². The molecule has 2 aliphatic carbocycles. The number of benzene rings is 2. The summed E-state index contributed by atoms with van der Waals surface area (Å²) in [5.41, 5.74) is 3.25. The first kappa shape index (κ1) is 29.7. The maximum atomic E-state index is 13.5. The molecule has 0 bridgehead atoms. The van der Waals surface area contributed by atoms with Crippen LogP contribution in [0.25, 0.3) is 0 Å². The van der Waals surface area contributed by atoms with Crippen LogP contribution >= 0.6 is 0 Å². The van der Waals surface area contributed by atoms with Crippen molar-refractivity contribution >= 4 is 29.5 Å². The second-order valence-corrected chi connectivity index (χ2v) is 16.1. The summed E-state index contributed by atoms with van der Waals surface area (Å²) in [6.45, 7) is 0. The van der Waals surface area contributed by atoms with Gasteiger partial charge in [-0.3, -0.25) is 9.59 Å². The molecule has 39 heavy (non-hydrogen) atoms. The molecule has 4 unspecified atom stereocenters. The highest BCUT2D eigenvalue weighted by Gasteiger charge is 2.53. The normalized spacial score (nSPS) is 23.0. The van der Waals surface area contributed by atoms with Crippen molar-refractivity contribution in [2.75, 3.05) is 42.7 Å². The molecule has 0 fully saturated rings. The molecule has 2 aromatic carbocycles. The summed E-state index contributed by atoms with van der Waals surface area (Å²) in [4.78, 5) is 26.9. The van der Waals surface area contributed by atoms with E-state index in [4.69, 9.17) is 31.3 Å². The molecule has 0 heterocycles. The zero-order chi connectivity index (χ0) is 28.2. The van der Waals surface area contributed by atoms with Crippen LogP contribution in [0.4, 0.5) is 0 Å². The largest absolute Gasteiger partial charge is 0.508 e. The van der Waals surface area contributed by atoms with Crippen molar-refractivity contribution in [1.82, 2.24) is 0 Å². The van der Waals surface area contributed by atoms with E-state index in [0.717, 1.165) is 22.3 Å². The average molecular weight is 575 g/mol. The number of hydrogen-bond donors (Lipinski definition) is 0. The Morgan fingerprint density at radius 1 is 0.538 bits per heavy atom. The van der Waals surface area contributed by atoms with Gasteiger partial charge < -0.3 is 31.3 Å². The van der Waals surface area contributed by atoms with E-state index in [1.165, 1.54) is 0 Å². The molecule has 212 valence electrons. The Morgan fingerprint density at radius 2 is 0.846 bits per heavy atom. The van der Waals surface area contributed by atoms with Gasteiger partial charge in [-0.2, -0.15) is 0 Å². The number of carbonyl (C=O) groups excluding carboxylic acids is 2. The molecule has 0 radical (unpaired) electrons. The van der Waals surface area contributed by atoms with Crippen LogP contribution in [0.1, 0.15) is 70.9 Å². The zero-order valence-electron chi connectivity index (χ0n) is 23.4. The van der Waals surface area contributed by atoms with Crippen LogP contribution in [0.2, 0.25) is 0 Å². The van der Waals surface area contributed by atoms with Crippen LogP contribution in [-0.2, 0) is 40.9 Å². The molecule has 4 atom stereocenters. The molecule has 11 heteroatoms. The molecule has 2 aliphatic rings. The van der Waals surface area contributed by atoms with Crippen molar-refractivity contribution in [3.63, 3.8) is 0 Å². The van der Waals surface area contributed by atoms with Crippen LogP contribution in [0.3, 0.4) is 0 Å². The summed E-state index contributed by atoms with van der Waals surface area (Å²) in [6.07, 6.45) is 2.20. The Kier molecular flexibility index (Phi) is 9.55. The van der Waals surface area contributed by atoms with E-state index in [1.54, 1.807) is 42.7 Å². The summed E-state index contributed by atoms with van der Waals surface area (Å²) >= 11 is 0. The number of rotatable bonds is 10. The zero-order valence-corrected chi connectivity index (χ0v) is 25.4. The number of fused-ring (bicyclic) bond motifs is 2. The molecule has 2 aromatic rings. The second kappa shape index (κ2) is 12.5. The number of carbonyl (C=O) groups is 2.